The van der Waals surface area contributed by atoms with E-state index < -0.39 is 12.1 Å². The fourth-order valence-electron chi connectivity index (χ4n) is 0.402. The lowest BCUT2D eigenvalue weighted by molar-refractivity contribution is 0.207. The van der Waals surface area contributed by atoms with Crippen molar-refractivity contribution in [1.29, 1.82) is 0 Å². The first kappa shape index (κ1) is 7.91. The summed E-state index contributed by atoms with van der Waals surface area (Å²) in [5.74, 6) is -0.400. The summed E-state index contributed by atoms with van der Waals surface area (Å²) in [5, 5.41) is 11.8. The van der Waals surface area contributed by atoms with Crippen molar-refractivity contribution in [2.45, 2.75) is 0 Å². The van der Waals surface area contributed by atoms with E-state index in [0.29, 0.717) is 0 Å². The fourth-order valence-corrected chi connectivity index (χ4v) is 0.402. The number of nitrogens with two attached hydrogens (primary N) is 2. The number of ether oxygens (including phenoxy) is 1. The second-order valence-electron chi connectivity index (χ2n) is 1.60. The lowest BCUT2D eigenvalue weighted by Gasteiger charge is -1.91. The minimum absolute atomic E-state index is 0.245. The van der Waals surface area contributed by atoms with Crippen LogP contribution in [0.2, 0.25) is 0 Å². The van der Waals surface area contributed by atoms with E-state index in [2.05, 4.69) is 30.4 Å². The minimum atomic E-state index is -1.00. The van der Waals surface area contributed by atoms with Crippen LogP contribution in [-0.4, -0.2) is 32.7 Å². The van der Waals surface area contributed by atoms with Crippen LogP contribution < -0.4 is 16.2 Å². The number of guanidine groups is 1. The van der Waals surface area contributed by atoms with Crippen LogP contribution in [0.1, 0.15) is 0 Å². The van der Waals surface area contributed by atoms with Crippen LogP contribution in [0.25, 0.3) is 0 Å². The van der Waals surface area contributed by atoms with Gasteiger partial charge in [0.25, 0.3) is 0 Å². The highest BCUT2D eigenvalue weighted by molar-refractivity contribution is 5.88. The number of H-pyrrole nitrogens is 1. The van der Waals surface area contributed by atoms with Crippen molar-refractivity contribution in [2.24, 2.45) is 16.5 Å². The van der Waals surface area contributed by atoms with E-state index in [1.54, 1.807) is 0 Å². The van der Waals surface area contributed by atoms with E-state index in [0.717, 1.165) is 0 Å². The third-order valence-electron chi connectivity index (χ3n) is 0.725. The molecule has 1 rings (SSSR count). The SMILES string of the molecule is NC(N)=NC(=O)Oc1nn[nH]n1. The molecule has 12 heavy (non-hydrogen) atoms. The highest BCUT2D eigenvalue weighted by atomic mass is 16.6. The molecule has 0 aromatic carbocycles. The molecule has 0 aliphatic rings. The molecule has 64 valence electrons. The maximum atomic E-state index is 10.6. The monoisotopic (exact) mass is 171 g/mol. The van der Waals surface area contributed by atoms with Crippen LogP contribution in [0.15, 0.2) is 4.99 Å². The van der Waals surface area contributed by atoms with Gasteiger partial charge in [-0.2, -0.15) is 5.21 Å². The Kier molecular flexibility index (Phi) is 2.16. The molecule has 1 amide bonds. The zero-order valence-electron chi connectivity index (χ0n) is 5.76. The molecule has 9 heteroatoms. The van der Waals surface area contributed by atoms with Crippen molar-refractivity contribution < 1.29 is 9.53 Å². The Morgan fingerprint density at radius 1 is 1.58 bits per heavy atom. The number of rotatable bonds is 1. The van der Waals surface area contributed by atoms with Crippen molar-refractivity contribution >= 4 is 12.1 Å². The molecule has 1 heterocycles. The highest BCUT2D eigenvalue weighted by Gasteiger charge is 2.05. The van der Waals surface area contributed by atoms with Gasteiger partial charge in [-0.3, -0.25) is 0 Å². The molecule has 0 unspecified atom stereocenters. The standard InChI is InChI=1S/C3H5N7O2/c4-1(5)6-3(11)12-2-7-9-10-8-2/h(H4,4,5,6,11)(H,7,8,9,10). The van der Waals surface area contributed by atoms with Gasteiger partial charge in [0.15, 0.2) is 5.96 Å². The molecule has 0 atom stereocenters. The number of carbonyl (C=O) groups is 1. The Bertz CT molecular complexity index is 286. The molecule has 0 bridgehead atoms. The van der Waals surface area contributed by atoms with E-state index in [4.69, 9.17) is 11.5 Å². The number of aromatic nitrogens is 4. The zero-order chi connectivity index (χ0) is 8.97. The largest absolute Gasteiger partial charge is 0.444 e. The smallest absolute Gasteiger partial charge is 0.370 e. The minimum Gasteiger partial charge on any atom is -0.370 e. The highest BCUT2D eigenvalue weighted by Crippen LogP contribution is 1.95. The van der Waals surface area contributed by atoms with Crippen molar-refractivity contribution in [3.8, 4) is 6.01 Å². The van der Waals surface area contributed by atoms with Gasteiger partial charge in [-0.05, 0) is 5.21 Å². The maximum Gasteiger partial charge on any atom is 0.444 e. The Hall–Kier alpha value is -2.19. The van der Waals surface area contributed by atoms with E-state index >= 15 is 0 Å². The van der Waals surface area contributed by atoms with Gasteiger partial charge in [0.1, 0.15) is 0 Å². The Balaban J connectivity index is 2.54. The number of hydrogen-bond donors (Lipinski definition) is 3. The van der Waals surface area contributed by atoms with Crippen molar-refractivity contribution in [3.63, 3.8) is 0 Å². The number of aromatic amines is 1. The van der Waals surface area contributed by atoms with Crippen LogP contribution in [-0.2, 0) is 0 Å². The molecule has 9 nitrogen and oxygen atoms in total. The van der Waals surface area contributed by atoms with Crippen LogP contribution in [0.3, 0.4) is 0 Å². The molecule has 1 aromatic rings. The van der Waals surface area contributed by atoms with Gasteiger partial charge >= 0.3 is 12.1 Å². The molecule has 0 fully saturated rings. The topological polar surface area (TPSA) is 145 Å². The average Bonchev–Trinajstić information content (AvgIpc) is 2.37. The van der Waals surface area contributed by atoms with Gasteiger partial charge in [0.2, 0.25) is 0 Å². The molecule has 5 N–H and O–H groups in total. The van der Waals surface area contributed by atoms with Gasteiger partial charge in [-0.1, -0.05) is 10.2 Å². The first-order chi connectivity index (χ1) is 5.68. The predicted molar refractivity (Wildman–Crippen MR) is 36.0 cm³/mol. The molecule has 0 aliphatic carbocycles. The third-order valence-corrected chi connectivity index (χ3v) is 0.725. The zero-order valence-corrected chi connectivity index (χ0v) is 5.76. The number of tetrazole rings is 1. The summed E-state index contributed by atoms with van der Waals surface area (Å²) in [6.45, 7) is 0. The quantitative estimate of drug-likeness (QED) is 0.326. The van der Waals surface area contributed by atoms with E-state index in [-0.39, 0.29) is 6.01 Å². The Morgan fingerprint density at radius 3 is 2.83 bits per heavy atom. The molecule has 1 aromatic heterocycles. The summed E-state index contributed by atoms with van der Waals surface area (Å²) >= 11 is 0. The average molecular weight is 171 g/mol. The van der Waals surface area contributed by atoms with Crippen LogP contribution in [0, 0.1) is 0 Å². The molecular weight excluding hydrogens is 166 g/mol. The number of amides is 1. The van der Waals surface area contributed by atoms with Gasteiger partial charge in [-0.25, -0.2) is 4.79 Å². The van der Waals surface area contributed by atoms with Crippen LogP contribution >= 0.6 is 0 Å². The van der Waals surface area contributed by atoms with E-state index in [1.165, 1.54) is 0 Å². The number of aliphatic imine (C=N–C) groups is 1. The van der Waals surface area contributed by atoms with Crippen LogP contribution in [0.5, 0.6) is 6.01 Å². The lowest BCUT2D eigenvalue weighted by atomic mass is 11.0. The third kappa shape index (κ3) is 2.21. The number of nitrogens with one attached hydrogen (secondary N) is 1. The summed E-state index contributed by atoms with van der Waals surface area (Å²) in [7, 11) is 0. The van der Waals surface area contributed by atoms with E-state index in [1.807, 2.05) is 0 Å². The molecule has 0 spiro atoms. The summed E-state index contributed by atoms with van der Waals surface area (Å²) in [4.78, 5) is 13.7. The summed E-state index contributed by atoms with van der Waals surface area (Å²) in [6, 6.07) is -0.245. The second-order valence-corrected chi connectivity index (χ2v) is 1.60. The number of carbonyl (C=O) groups excluding carboxylic acids is 1. The number of hydrogen-bond acceptors (Lipinski definition) is 5. The summed E-state index contributed by atoms with van der Waals surface area (Å²) in [6.07, 6.45) is -1.00. The van der Waals surface area contributed by atoms with Gasteiger partial charge < -0.3 is 16.2 Å². The van der Waals surface area contributed by atoms with Gasteiger partial charge in [-0.15, -0.1) is 4.99 Å². The molecular formula is C3H5N7O2. The predicted octanol–water partition coefficient (Wildman–Crippen LogP) is -2.03. The molecule has 0 saturated carbocycles. The normalized spacial score (nSPS) is 9.00. The van der Waals surface area contributed by atoms with Crippen molar-refractivity contribution in [1.82, 2.24) is 20.6 Å². The molecule has 0 radical (unpaired) electrons. The molecule has 0 saturated heterocycles. The van der Waals surface area contributed by atoms with Crippen molar-refractivity contribution in [3.05, 3.63) is 0 Å². The van der Waals surface area contributed by atoms with Crippen LogP contribution in [0.4, 0.5) is 4.79 Å². The van der Waals surface area contributed by atoms with E-state index in [9.17, 15) is 4.79 Å². The first-order valence-corrected chi connectivity index (χ1v) is 2.73. The summed E-state index contributed by atoms with van der Waals surface area (Å²) in [5.41, 5.74) is 9.77. The fraction of sp³-hybridized carbons (Fsp3) is 0. The summed E-state index contributed by atoms with van der Waals surface area (Å²) < 4.78 is 4.36. The van der Waals surface area contributed by atoms with Gasteiger partial charge in [0, 0.05) is 0 Å². The van der Waals surface area contributed by atoms with Gasteiger partial charge in [0.05, 0.1) is 0 Å². The molecule has 0 aliphatic heterocycles. The van der Waals surface area contributed by atoms with Crippen molar-refractivity contribution in [2.75, 3.05) is 0 Å². The first-order valence-electron chi connectivity index (χ1n) is 2.73. The maximum absolute atomic E-state index is 10.6. The second kappa shape index (κ2) is 3.27. The number of nitrogens with zero attached hydrogens (tertiary/aromatic N) is 4. The lowest BCUT2D eigenvalue weighted by Crippen LogP contribution is -2.25. The Morgan fingerprint density at radius 2 is 2.33 bits per heavy atom. The Labute approximate surface area is 65.8 Å².